The van der Waals surface area contributed by atoms with Crippen LogP contribution in [0.5, 0.6) is 5.75 Å². The molecule has 0 spiro atoms. The lowest BCUT2D eigenvalue weighted by Crippen LogP contribution is -2.15. The summed E-state index contributed by atoms with van der Waals surface area (Å²) in [6.07, 6.45) is 1.85. The van der Waals surface area contributed by atoms with Crippen molar-refractivity contribution < 1.29 is 9.53 Å². The Bertz CT molecular complexity index is 1030. The molecule has 0 atom stereocenters. The first kappa shape index (κ1) is 16.2. The fourth-order valence-corrected chi connectivity index (χ4v) is 3.41. The first-order valence-corrected chi connectivity index (χ1v) is 8.73. The highest BCUT2D eigenvalue weighted by Crippen LogP contribution is 2.32. The summed E-state index contributed by atoms with van der Waals surface area (Å²) in [5, 5.41) is 16.0. The molecule has 1 N–H and O–H groups in total. The number of rotatable bonds is 5. The summed E-state index contributed by atoms with van der Waals surface area (Å²) < 4.78 is 6.99. The molecule has 1 amide bonds. The molecule has 0 bridgehead atoms. The number of nitrogens with zero attached hydrogens (tertiary/aromatic N) is 4. The zero-order chi connectivity index (χ0) is 17.9. The molecule has 0 saturated carbocycles. The van der Waals surface area contributed by atoms with E-state index in [1.54, 1.807) is 18.0 Å². The molecule has 0 fully saturated rings. The highest BCUT2D eigenvalue weighted by molar-refractivity contribution is 7.19. The van der Waals surface area contributed by atoms with E-state index in [9.17, 15) is 4.79 Å². The van der Waals surface area contributed by atoms with E-state index in [1.807, 2.05) is 48.5 Å². The summed E-state index contributed by atoms with van der Waals surface area (Å²) in [6, 6.07) is 15.2. The van der Waals surface area contributed by atoms with Gasteiger partial charge in [-0.2, -0.15) is 9.61 Å². The van der Waals surface area contributed by atoms with Crippen molar-refractivity contribution in [3.63, 3.8) is 0 Å². The van der Waals surface area contributed by atoms with E-state index in [2.05, 4.69) is 20.6 Å². The summed E-state index contributed by atoms with van der Waals surface area (Å²) in [5.74, 6) is 0.489. The van der Waals surface area contributed by atoms with E-state index in [-0.39, 0.29) is 5.91 Å². The van der Waals surface area contributed by atoms with Crippen molar-refractivity contribution >= 4 is 27.9 Å². The van der Waals surface area contributed by atoms with Crippen molar-refractivity contribution in [2.75, 3.05) is 12.4 Å². The van der Waals surface area contributed by atoms with Crippen molar-refractivity contribution in [3.05, 3.63) is 60.4 Å². The summed E-state index contributed by atoms with van der Waals surface area (Å²) in [5.41, 5.74) is 2.43. The number of ether oxygens (including phenoxy) is 1. The van der Waals surface area contributed by atoms with Crippen LogP contribution in [0.25, 0.3) is 15.5 Å². The Hall–Kier alpha value is -3.26. The molecule has 2 aromatic carbocycles. The van der Waals surface area contributed by atoms with Gasteiger partial charge in [0.05, 0.1) is 19.2 Å². The average molecular weight is 365 g/mol. The molecule has 4 aromatic rings. The monoisotopic (exact) mass is 365 g/mol. The van der Waals surface area contributed by atoms with Crippen molar-refractivity contribution in [3.8, 4) is 16.3 Å². The van der Waals surface area contributed by atoms with E-state index in [0.29, 0.717) is 22.8 Å². The second kappa shape index (κ2) is 6.93. The number of nitrogens with one attached hydrogen (secondary N) is 1. The van der Waals surface area contributed by atoms with Gasteiger partial charge in [0.2, 0.25) is 10.9 Å². The average Bonchev–Trinajstić information content (AvgIpc) is 3.24. The normalized spacial score (nSPS) is 10.8. The Labute approximate surface area is 153 Å². The van der Waals surface area contributed by atoms with Crippen LogP contribution in [0.15, 0.2) is 54.9 Å². The van der Waals surface area contributed by atoms with Gasteiger partial charge in [0, 0.05) is 5.56 Å². The van der Waals surface area contributed by atoms with Crippen LogP contribution >= 0.6 is 11.3 Å². The molecular formula is C18H15N5O2S. The minimum Gasteiger partial charge on any atom is -0.495 e. The minimum absolute atomic E-state index is 0.107. The fraction of sp³-hybridized carbons (Fsp3) is 0.111. The van der Waals surface area contributed by atoms with E-state index < -0.39 is 0 Å². The number of hydrogen-bond acceptors (Lipinski definition) is 6. The van der Waals surface area contributed by atoms with Crippen LogP contribution in [-0.2, 0) is 11.2 Å². The van der Waals surface area contributed by atoms with Crippen molar-refractivity contribution in [1.29, 1.82) is 0 Å². The molecule has 2 heterocycles. The molecule has 26 heavy (non-hydrogen) atoms. The van der Waals surface area contributed by atoms with Gasteiger partial charge in [0.1, 0.15) is 17.1 Å². The van der Waals surface area contributed by atoms with E-state index in [1.165, 1.54) is 11.3 Å². The number of amides is 1. The van der Waals surface area contributed by atoms with Gasteiger partial charge >= 0.3 is 0 Å². The molecule has 130 valence electrons. The third-order valence-electron chi connectivity index (χ3n) is 3.81. The first-order chi connectivity index (χ1) is 12.7. The molecule has 4 rings (SSSR count). The van der Waals surface area contributed by atoms with Crippen molar-refractivity contribution in [2.45, 2.75) is 6.42 Å². The van der Waals surface area contributed by atoms with Gasteiger partial charge in [-0.05, 0) is 23.8 Å². The van der Waals surface area contributed by atoms with Crippen LogP contribution < -0.4 is 10.1 Å². The Morgan fingerprint density at radius 3 is 2.85 bits per heavy atom. The van der Waals surface area contributed by atoms with Crippen LogP contribution in [-0.4, -0.2) is 32.8 Å². The molecule has 2 aromatic heterocycles. The van der Waals surface area contributed by atoms with Gasteiger partial charge in [-0.15, -0.1) is 10.2 Å². The Kier molecular flexibility index (Phi) is 4.32. The highest BCUT2D eigenvalue weighted by Gasteiger charge is 2.13. The summed E-state index contributed by atoms with van der Waals surface area (Å²) in [4.78, 5) is 13.1. The SMILES string of the molecule is COc1ccc(-c2nn3cnnc3s2)cc1NC(=O)Cc1ccccc1. The number of hydrogen-bond donors (Lipinski definition) is 1. The number of methoxy groups -OCH3 is 1. The van der Waals surface area contributed by atoms with Gasteiger partial charge in [-0.1, -0.05) is 41.7 Å². The maximum absolute atomic E-state index is 12.4. The minimum atomic E-state index is -0.107. The Morgan fingerprint density at radius 2 is 2.08 bits per heavy atom. The molecule has 0 unspecified atom stereocenters. The lowest BCUT2D eigenvalue weighted by atomic mass is 10.1. The molecule has 0 aliphatic heterocycles. The van der Waals surface area contributed by atoms with E-state index >= 15 is 0 Å². The van der Waals surface area contributed by atoms with E-state index in [0.717, 1.165) is 16.1 Å². The third-order valence-corrected chi connectivity index (χ3v) is 4.78. The predicted molar refractivity (Wildman–Crippen MR) is 99.4 cm³/mol. The highest BCUT2D eigenvalue weighted by atomic mass is 32.1. The zero-order valence-corrected chi connectivity index (χ0v) is 14.7. The van der Waals surface area contributed by atoms with Crippen LogP contribution in [0, 0.1) is 0 Å². The number of aromatic nitrogens is 4. The molecule has 0 saturated heterocycles. The first-order valence-electron chi connectivity index (χ1n) is 7.92. The molecule has 0 aliphatic rings. The van der Waals surface area contributed by atoms with Crippen molar-refractivity contribution in [2.24, 2.45) is 0 Å². The fourth-order valence-electron chi connectivity index (χ4n) is 2.59. The maximum Gasteiger partial charge on any atom is 0.234 e. The van der Waals surface area contributed by atoms with Crippen LogP contribution in [0.2, 0.25) is 0 Å². The second-order valence-corrected chi connectivity index (χ2v) is 6.55. The third kappa shape index (κ3) is 3.27. The Morgan fingerprint density at radius 1 is 1.23 bits per heavy atom. The smallest absolute Gasteiger partial charge is 0.234 e. The predicted octanol–water partition coefficient (Wildman–Crippen LogP) is 3.04. The van der Waals surface area contributed by atoms with Gasteiger partial charge in [0.15, 0.2) is 0 Å². The van der Waals surface area contributed by atoms with Gasteiger partial charge in [0.25, 0.3) is 0 Å². The van der Waals surface area contributed by atoms with Crippen molar-refractivity contribution in [1.82, 2.24) is 19.8 Å². The topological polar surface area (TPSA) is 81.4 Å². The van der Waals surface area contributed by atoms with E-state index in [4.69, 9.17) is 4.74 Å². The van der Waals surface area contributed by atoms with Gasteiger partial charge < -0.3 is 10.1 Å². The maximum atomic E-state index is 12.4. The largest absolute Gasteiger partial charge is 0.495 e. The van der Waals surface area contributed by atoms with Gasteiger partial charge in [-0.25, -0.2) is 0 Å². The van der Waals surface area contributed by atoms with Crippen LogP contribution in [0.3, 0.4) is 0 Å². The number of carbonyl (C=O) groups excluding carboxylic acids is 1. The number of fused-ring (bicyclic) bond motifs is 1. The summed E-state index contributed by atoms with van der Waals surface area (Å²) in [6.45, 7) is 0. The lowest BCUT2D eigenvalue weighted by molar-refractivity contribution is -0.115. The summed E-state index contributed by atoms with van der Waals surface area (Å²) in [7, 11) is 1.57. The second-order valence-electron chi connectivity index (χ2n) is 5.59. The molecule has 0 radical (unpaired) electrons. The number of benzene rings is 2. The standard InChI is InChI=1S/C18H15N5O2S/c1-25-15-8-7-13(17-22-23-11-19-21-18(23)26-17)10-14(15)20-16(24)9-12-5-3-2-4-6-12/h2-8,10-11H,9H2,1H3,(H,20,24). The van der Waals surface area contributed by atoms with Crippen LogP contribution in [0.4, 0.5) is 5.69 Å². The molecular weight excluding hydrogens is 350 g/mol. The number of anilines is 1. The van der Waals surface area contributed by atoms with Crippen LogP contribution in [0.1, 0.15) is 5.56 Å². The summed E-state index contributed by atoms with van der Waals surface area (Å²) >= 11 is 1.43. The lowest BCUT2D eigenvalue weighted by Gasteiger charge is -2.11. The number of carbonyl (C=O) groups is 1. The molecule has 0 aliphatic carbocycles. The zero-order valence-electron chi connectivity index (χ0n) is 13.9. The molecule has 7 nitrogen and oxygen atoms in total. The van der Waals surface area contributed by atoms with Gasteiger partial charge in [-0.3, -0.25) is 4.79 Å². The quantitative estimate of drug-likeness (QED) is 0.588. The Balaban J connectivity index is 1.60. The molecule has 8 heteroatoms.